The summed E-state index contributed by atoms with van der Waals surface area (Å²) < 4.78 is 30.4. The van der Waals surface area contributed by atoms with Crippen LogP contribution in [0, 0.1) is 32.4 Å². The van der Waals surface area contributed by atoms with Crippen LogP contribution in [-0.2, 0) is 4.74 Å². The maximum Gasteiger partial charge on any atom is 0.340 e. The van der Waals surface area contributed by atoms with Crippen molar-refractivity contribution in [2.24, 2.45) is 0 Å². The third kappa shape index (κ3) is 4.87. The molecule has 0 aliphatic heterocycles. The third-order valence-corrected chi connectivity index (χ3v) is 3.16. The Bertz CT molecular complexity index is 770. The van der Waals surface area contributed by atoms with Gasteiger partial charge in [0.2, 0.25) is 0 Å². The molecule has 2 aromatic carbocycles. The first-order chi connectivity index (χ1) is 11.2. The molecule has 6 heteroatoms. The average molecular weight is 336 g/mol. The molecule has 128 valence electrons. The number of carboxylic acid groups (broad SMARTS) is 1. The number of benzene rings is 2. The summed E-state index contributed by atoms with van der Waals surface area (Å²) in [6.45, 7) is 5.07. The molecule has 24 heavy (non-hydrogen) atoms. The Labute approximate surface area is 138 Å². The Morgan fingerprint density at radius 1 is 0.958 bits per heavy atom. The topological polar surface area (TPSA) is 63.6 Å². The van der Waals surface area contributed by atoms with E-state index in [2.05, 4.69) is 4.74 Å². The smallest absolute Gasteiger partial charge is 0.340 e. The van der Waals surface area contributed by atoms with Gasteiger partial charge in [0.1, 0.15) is 11.6 Å². The minimum Gasteiger partial charge on any atom is -0.478 e. The van der Waals surface area contributed by atoms with E-state index in [1.165, 1.54) is 25.3 Å². The Morgan fingerprint density at radius 2 is 1.54 bits per heavy atom. The van der Waals surface area contributed by atoms with E-state index in [1.54, 1.807) is 32.9 Å². The fourth-order valence-corrected chi connectivity index (χ4v) is 2.01. The van der Waals surface area contributed by atoms with E-state index in [4.69, 9.17) is 5.11 Å². The van der Waals surface area contributed by atoms with Crippen molar-refractivity contribution in [3.05, 3.63) is 69.8 Å². The minimum absolute atomic E-state index is 0.0162. The van der Waals surface area contributed by atoms with Crippen molar-refractivity contribution in [1.29, 1.82) is 0 Å². The van der Waals surface area contributed by atoms with Gasteiger partial charge in [0.05, 0.1) is 18.2 Å². The zero-order valence-electron chi connectivity index (χ0n) is 13.8. The first kappa shape index (κ1) is 19.3. The Kier molecular flexibility index (Phi) is 6.58. The first-order valence-corrected chi connectivity index (χ1v) is 7.01. The van der Waals surface area contributed by atoms with Crippen LogP contribution in [0.5, 0.6) is 0 Å². The highest BCUT2D eigenvalue weighted by Crippen LogP contribution is 2.14. The van der Waals surface area contributed by atoms with Crippen LogP contribution in [0.3, 0.4) is 0 Å². The number of aromatic carboxylic acids is 1. The molecule has 0 amide bonds. The molecule has 0 bridgehead atoms. The Balaban J connectivity index is 0.000000240. The van der Waals surface area contributed by atoms with E-state index >= 15 is 0 Å². The lowest BCUT2D eigenvalue weighted by Gasteiger charge is -2.02. The number of ether oxygens (including phenoxy) is 1. The van der Waals surface area contributed by atoms with Crippen LogP contribution in [0.15, 0.2) is 30.3 Å². The van der Waals surface area contributed by atoms with Crippen molar-refractivity contribution < 1.29 is 28.2 Å². The number of methoxy groups -OCH3 is 1. The highest BCUT2D eigenvalue weighted by Gasteiger charge is 2.12. The van der Waals surface area contributed by atoms with E-state index in [9.17, 15) is 18.4 Å². The second-order valence-electron chi connectivity index (χ2n) is 5.22. The zero-order valence-corrected chi connectivity index (χ0v) is 13.8. The number of carbonyl (C=O) groups excluding carboxylic acids is 1. The van der Waals surface area contributed by atoms with Gasteiger partial charge in [-0.1, -0.05) is 17.7 Å². The summed E-state index contributed by atoms with van der Waals surface area (Å²) in [6.07, 6.45) is 0. The lowest BCUT2D eigenvalue weighted by molar-refractivity contribution is 0.0594. The summed E-state index contributed by atoms with van der Waals surface area (Å²) in [5, 5.41) is 8.57. The van der Waals surface area contributed by atoms with Crippen LogP contribution >= 0.6 is 0 Å². The van der Waals surface area contributed by atoms with E-state index in [0.29, 0.717) is 5.56 Å². The maximum atomic E-state index is 13.1. The fraction of sp³-hybridized carbons (Fsp3) is 0.222. The number of esters is 1. The molecule has 2 aromatic rings. The summed E-state index contributed by atoms with van der Waals surface area (Å²) in [7, 11) is 1.23. The predicted octanol–water partition coefficient (Wildman–Crippen LogP) is 4.06. The summed E-state index contributed by atoms with van der Waals surface area (Å²) in [5.41, 5.74) is 1.68. The van der Waals surface area contributed by atoms with Crippen LogP contribution in [-0.4, -0.2) is 24.2 Å². The van der Waals surface area contributed by atoms with Crippen molar-refractivity contribution in [3.63, 3.8) is 0 Å². The van der Waals surface area contributed by atoms with Crippen LogP contribution in [0.2, 0.25) is 0 Å². The van der Waals surface area contributed by atoms with E-state index in [-0.39, 0.29) is 11.1 Å². The van der Waals surface area contributed by atoms with Crippen molar-refractivity contribution in [2.45, 2.75) is 20.8 Å². The molecule has 0 aromatic heterocycles. The molecule has 4 nitrogen and oxygen atoms in total. The van der Waals surface area contributed by atoms with Gasteiger partial charge in [-0.15, -0.1) is 0 Å². The van der Waals surface area contributed by atoms with Crippen molar-refractivity contribution >= 4 is 11.9 Å². The van der Waals surface area contributed by atoms with Gasteiger partial charge in [-0.05, 0) is 50.1 Å². The normalized spacial score (nSPS) is 9.75. The summed E-state index contributed by atoms with van der Waals surface area (Å²) in [6, 6.07) is 7.25. The van der Waals surface area contributed by atoms with E-state index in [0.717, 1.165) is 11.1 Å². The molecular formula is C18H18F2O4. The third-order valence-electron chi connectivity index (χ3n) is 3.16. The van der Waals surface area contributed by atoms with E-state index in [1.807, 2.05) is 0 Å². The molecule has 0 spiro atoms. The second-order valence-corrected chi connectivity index (χ2v) is 5.22. The monoisotopic (exact) mass is 336 g/mol. The highest BCUT2D eigenvalue weighted by atomic mass is 19.1. The molecule has 0 atom stereocenters. The number of hydrogen-bond acceptors (Lipinski definition) is 3. The molecule has 0 saturated carbocycles. The molecule has 0 saturated heterocycles. The van der Waals surface area contributed by atoms with Gasteiger partial charge in [-0.2, -0.15) is 0 Å². The van der Waals surface area contributed by atoms with Gasteiger partial charge >= 0.3 is 11.9 Å². The number of hydrogen-bond donors (Lipinski definition) is 1. The van der Waals surface area contributed by atoms with Gasteiger partial charge in [-0.25, -0.2) is 18.4 Å². The molecule has 0 unspecified atom stereocenters. The SMILES string of the molecule is COC(=O)c1cc(C)ccc1F.Cc1cc(C)c(F)c(C(=O)O)c1. The van der Waals surface area contributed by atoms with Crippen molar-refractivity contribution in [3.8, 4) is 0 Å². The molecule has 0 radical (unpaired) electrons. The summed E-state index contributed by atoms with van der Waals surface area (Å²) in [5.74, 6) is -3.06. The summed E-state index contributed by atoms with van der Waals surface area (Å²) in [4.78, 5) is 21.4. The van der Waals surface area contributed by atoms with E-state index < -0.39 is 23.6 Å². The largest absolute Gasteiger partial charge is 0.478 e. The number of rotatable bonds is 2. The van der Waals surface area contributed by atoms with Crippen LogP contribution in [0.4, 0.5) is 8.78 Å². The second kappa shape index (κ2) is 8.19. The Morgan fingerprint density at radius 3 is 2.08 bits per heavy atom. The molecule has 0 aliphatic carbocycles. The highest BCUT2D eigenvalue weighted by molar-refractivity contribution is 5.89. The number of aryl methyl sites for hydroxylation is 3. The molecular weight excluding hydrogens is 318 g/mol. The maximum absolute atomic E-state index is 13.1. The van der Waals surface area contributed by atoms with Crippen LogP contribution < -0.4 is 0 Å². The zero-order chi connectivity index (χ0) is 18.4. The van der Waals surface area contributed by atoms with Crippen LogP contribution in [0.25, 0.3) is 0 Å². The van der Waals surface area contributed by atoms with Crippen molar-refractivity contribution in [1.82, 2.24) is 0 Å². The number of carbonyl (C=O) groups is 2. The molecule has 2 rings (SSSR count). The lowest BCUT2D eigenvalue weighted by atomic mass is 10.1. The lowest BCUT2D eigenvalue weighted by Crippen LogP contribution is -2.04. The van der Waals surface area contributed by atoms with Crippen molar-refractivity contribution in [2.75, 3.05) is 7.11 Å². The molecule has 0 heterocycles. The van der Waals surface area contributed by atoms with Gasteiger partial charge in [0, 0.05) is 0 Å². The van der Waals surface area contributed by atoms with Crippen LogP contribution in [0.1, 0.15) is 37.4 Å². The first-order valence-electron chi connectivity index (χ1n) is 7.01. The molecule has 0 fully saturated rings. The average Bonchev–Trinajstić information content (AvgIpc) is 2.52. The minimum atomic E-state index is -1.22. The summed E-state index contributed by atoms with van der Waals surface area (Å²) >= 11 is 0. The van der Waals surface area contributed by atoms with Gasteiger partial charge in [0.25, 0.3) is 0 Å². The number of halogens is 2. The molecule has 1 N–H and O–H groups in total. The molecule has 0 aliphatic rings. The van der Waals surface area contributed by atoms with Gasteiger partial charge in [0.15, 0.2) is 0 Å². The Hall–Kier alpha value is -2.76. The van der Waals surface area contributed by atoms with Gasteiger partial charge in [-0.3, -0.25) is 0 Å². The number of carboxylic acids is 1. The quantitative estimate of drug-likeness (QED) is 0.840. The standard InChI is InChI=1S/2C9H9FO2/c1-5-3-6(2)8(10)7(4-5)9(11)12;1-6-3-4-8(10)7(5-6)9(11)12-2/h3-4H,1-2H3,(H,11,12);3-5H,1-2H3. The fourth-order valence-electron chi connectivity index (χ4n) is 2.01. The van der Waals surface area contributed by atoms with Gasteiger partial charge < -0.3 is 9.84 Å². The predicted molar refractivity (Wildman–Crippen MR) is 85.3 cm³/mol.